The normalized spacial score (nSPS) is 17.0. The van der Waals surface area contributed by atoms with Gasteiger partial charge in [0.25, 0.3) is 5.91 Å². The van der Waals surface area contributed by atoms with Crippen LogP contribution in [0.15, 0.2) is 73.1 Å². The first-order valence-corrected chi connectivity index (χ1v) is 12.4. The Labute approximate surface area is 218 Å². The number of amides is 1. The molecule has 2 aliphatic heterocycles. The maximum atomic E-state index is 13.8. The van der Waals surface area contributed by atoms with Crippen molar-refractivity contribution in [3.63, 3.8) is 0 Å². The molecule has 1 fully saturated rings. The number of hydrogen-bond acceptors (Lipinski definition) is 4. The quantitative estimate of drug-likeness (QED) is 0.370. The molecule has 4 aromatic rings. The van der Waals surface area contributed by atoms with E-state index in [-0.39, 0.29) is 17.7 Å². The first-order valence-electron chi connectivity index (χ1n) is 12.4. The number of hydrogen-bond donors (Lipinski definition) is 0. The predicted molar refractivity (Wildman–Crippen MR) is 137 cm³/mol. The van der Waals surface area contributed by atoms with Gasteiger partial charge in [-0.1, -0.05) is 42.5 Å². The van der Waals surface area contributed by atoms with E-state index in [0.29, 0.717) is 24.3 Å². The van der Waals surface area contributed by atoms with E-state index in [1.165, 1.54) is 10.5 Å². The lowest BCUT2D eigenvalue weighted by Gasteiger charge is -2.50. The molecular formula is C29H26F3N5O. The van der Waals surface area contributed by atoms with Crippen LogP contribution in [-0.2, 0) is 31.7 Å². The zero-order valence-electron chi connectivity index (χ0n) is 21.0. The van der Waals surface area contributed by atoms with Crippen molar-refractivity contribution >= 4 is 11.6 Å². The van der Waals surface area contributed by atoms with E-state index in [1.54, 1.807) is 25.4 Å². The average molecular weight is 518 g/mol. The molecule has 38 heavy (non-hydrogen) atoms. The molecule has 0 bridgehead atoms. The highest BCUT2D eigenvalue weighted by molar-refractivity contribution is 6.10. The predicted octanol–water partition coefficient (Wildman–Crippen LogP) is 5.10. The highest BCUT2D eigenvalue weighted by Gasteiger charge is 2.49. The molecule has 2 aliphatic rings. The third-order valence-corrected chi connectivity index (χ3v) is 7.58. The Morgan fingerprint density at radius 2 is 1.76 bits per heavy atom. The van der Waals surface area contributed by atoms with Gasteiger partial charge in [0.15, 0.2) is 0 Å². The van der Waals surface area contributed by atoms with Crippen molar-refractivity contribution in [3.05, 3.63) is 112 Å². The summed E-state index contributed by atoms with van der Waals surface area (Å²) in [6, 6.07) is 20.4. The molecule has 0 radical (unpaired) electrons. The molecule has 1 amide bonds. The van der Waals surface area contributed by atoms with Gasteiger partial charge in [-0.2, -0.15) is 13.2 Å². The highest BCUT2D eigenvalue weighted by Crippen LogP contribution is 2.43. The number of carbonyl (C=O) groups excluding carboxylic acids is 1. The second-order valence-electron chi connectivity index (χ2n) is 10.3. The van der Waals surface area contributed by atoms with Gasteiger partial charge in [-0.25, -0.2) is 0 Å². The molecular weight excluding hydrogens is 491 g/mol. The molecule has 3 aromatic carbocycles. The summed E-state index contributed by atoms with van der Waals surface area (Å²) in [4.78, 5) is 17.1. The van der Waals surface area contributed by atoms with Crippen LogP contribution in [0.25, 0.3) is 0 Å². The summed E-state index contributed by atoms with van der Waals surface area (Å²) < 4.78 is 43.3. The van der Waals surface area contributed by atoms with E-state index in [4.69, 9.17) is 0 Å². The van der Waals surface area contributed by atoms with Crippen molar-refractivity contribution in [2.24, 2.45) is 7.05 Å². The number of carbonyl (C=O) groups is 1. The van der Waals surface area contributed by atoms with Gasteiger partial charge in [0.05, 0.1) is 17.5 Å². The molecule has 0 atom stereocenters. The highest BCUT2D eigenvalue weighted by atomic mass is 19.4. The van der Waals surface area contributed by atoms with Gasteiger partial charge >= 0.3 is 6.18 Å². The van der Waals surface area contributed by atoms with E-state index in [0.717, 1.165) is 24.0 Å². The number of rotatable bonds is 5. The summed E-state index contributed by atoms with van der Waals surface area (Å²) >= 11 is 0. The van der Waals surface area contributed by atoms with E-state index in [1.807, 2.05) is 48.0 Å². The molecule has 1 saturated heterocycles. The number of benzene rings is 3. The first kappa shape index (κ1) is 24.4. The van der Waals surface area contributed by atoms with E-state index < -0.39 is 23.1 Å². The van der Waals surface area contributed by atoms with Crippen LogP contribution in [-0.4, -0.2) is 38.7 Å². The zero-order chi connectivity index (χ0) is 26.7. The average Bonchev–Trinajstić information content (AvgIpc) is 3.44. The summed E-state index contributed by atoms with van der Waals surface area (Å²) in [7, 11) is 1.91. The summed E-state index contributed by atoms with van der Waals surface area (Å²) in [5.74, 6) is 0.392. The molecule has 6 nitrogen and oxygen atoms in total. The van der Waals surface area contributed by atoms with Crippen molar-refractivity contribution in [1.29, 1.82) is 0 Å². The van der Waals surface area contributed by atoms with Gasteiger partial charge in [-0.3, -0.25) is 9.69 Å². The number of aromatic nitrogens is 3. The summed E-state index contributed by atoms with van der Waals surface area (Å²) in [5.41, 5.74) is 2.08. The summed E-state index contributed by atoms with van der Waals surface area (Å²) in [6.07, 6.45) is -2.86. The third kappa shape index (κ3) is 3.98. The van der Waals surface area contributed by atoms with Gasteiger partial charge in [0.1, 0.15) is 12.2 Å². The van der Waals surface area contributed by atoms with Gasteiger partial charge in [0.2, 0.25) is 0 Å². The molecule has 0 aliphatic carbocycles. The third-order valence-electron chi connectivity index (χ3n) is 7.58. The molecule has 3 heterocycles. The van der Waals surface area contributed by atoms with Gasteiger partial charge in [-0.15, -0.1) is 10.2 Å². The number of aryl methyl sites for hydroxylation is 2. The van der Waals surface area contributed by atoms with Crippen LogP contribution < -0.4 is 4.90 Å². The van der Waals surface area contributed by atoms with Crippen molar-refractivity contribution in [2.75, 3.05) is 18.0 Å². The number of halogens is 3. The number of fused-ring (bicyclic) bond motifs is 1. The van der Waals surface area contributed by atoms with Crippen molar-refractivity contribution in [1.82, 2.24) is 19.7 Å². The zero-order valence-corrected chi connectivity index (χ0v) is 21.0. The number of anilines is 1. The Morgan fingerprint density at radius 1 is 1.00 bits per heavy atom. The second kappa shape index (κ2) is 8.80. The number of likely N-dealkylation sites (tertiary alicyclic amines) is 1. The fourth-order valence-electron chi connectivity index (χ4n) is 5.83. The number of nitrogens with zero attached hydrogens (tertiary/aromatic N) is 5. The Kier molecular flexibility index (Phi) is 5.64. The Balaban J connectivity index is 1.34. The molecule has 0 spiro atoms. The van der Waals surface area contributed by atoms with Gasteiger partial charge < -0.3 is 9.47 Å². The van der Waals surface area contributed by atoms with Crippen LogP contribution in [0.1, 0.15) is 44.0 Å². The van der Waals surface area contributed by atoms with Crippen LogP contribution in [0.4, 0.5) is 18.9 Å². The van der Waals surface area contributed by atoms with Crippen LogP contribution in [0.5, 0.6) is 0 Å². The van der Waals surface area contributed by atoms with Crippen LogP contribution in [0, 0.1) is 6.92 Å². The van der Waals surface area contributed by atoms with E-state index in [2.05, 4.69) is 27.2 Å². The SMILES string of the molecule is Cc1cc2c(c(C(F)(F)F)c1)CN(c1cccc(C3(c4nncn4C)CN(Cc4ccccc4)C3)c1)C2=O. The van der Waals surface area contributed by atoms with Gasteiger partial charge in [0, 0.05) is 37.9 Å². The summed E-state index contributed by atoms with van der Waals surface area (Å²) in [6.45, 7) is 3.64. The lowest BCUT2D eigenvalue weighted by atomic mass is 9.72. The van der Waals surface area contributed by atoms with Crippen molar-refractivity contribution in [3.8, 4) is 0 Å². The van der Waals surface area contributed by atoms with Crippen LogP contribution >= 0.6 is 0 Å². The smallest absolute Gasteiger partial charge is 0.320 e. The summed E-state index contributed by atoms with van der Waals surface area (Å²) in [5, 5.41) is 8.54. The largest absolute Gasteiger partial charge is 0.416 e. The minimum Gasteiger partial charge on any atom is -0.320 e. The fraction of sp³-hybridized carbons (Fsp3) is 0.276. The van der Waals surface area contributed by atoms with E-state index in [9.17, 15) is 18.0 Å². The number of alkyl halides is 3. The van der Waals surface area contributed by atoms with Crippen LogP contribution in [0.2, 0.25) is 0 Å². The maximum Gasteiger partial charge on any atom is 0.416 e. The minimum absolute atomic E-state index is 0.0270. The van der Waals surface area contributed by atoms with Crippen molar-refractivity contribution < 1.29 is 18.0 Å². The lowest BCUT2D eigenvalue weighted by molar-refractivity contribution is -0.138. The topological polar surface area (TPSA) is 54.3 Å². The molecule has 9 heteroatoms. The molecule has 0 saturated carbocycles. The van der Waals surface area contributed by atoms with Gasteiger partial charge in [-0.05, 0) is 53.4 Å². The Hall–Kier alpha value is -3.98. The monoisotopic (exact) mass is 517 g/mol. The molecule has 6 rings (SSSR count). The fourth-order valence-corrected chi connectivity index (χ4v) is 5.83. The minimum atomic E-state index is -4.53. The standard InChI is InChI=1S/C29H26F3N5O/c1-19-11-23-24(25(12-19)29(30,31)32)15-37(26(23)38)22-10-6-9-21(13-22)28(27-34-33-18-35(27)2)16-36(17-28)14-20-7-4-3-5-8-20/h3-13,18H,14-17H2,1-2H3. The Bertz CT molecular complexity index is 1520. The second-order valence-corrected chi connectivity index (χ2v) is 10.3. The lowest BCUT2D eigenvalue weighted by Crippen LogP contribution is -2.60. The molecule has 0 N–H and O–H groups in total. The van der Waals surface area contributed by atoms with E-state index >= 15 is 0 Å². The Morgan fingerprint density at radius 3 is 2.45 bits per heavy atom. The maximum absolute atomic E-state index is 13.8. The molecule has 0 unspecified atom stereocenters. The van der Waals surface area contributed by atoms with Crippen LogP contribution in [0.3, 0.4) is 0 Å². The molecule has 1 aromatic heterocycles. The molecule has 194 valence electrons. The van der Waals surface area contributed by atoms with Crippen molar-refractivity contribution in [2.45, 2.75) is 31.6 Å². The first-order chi connectivity index (χ1) is 18.2.